The van der Waals surface area contributed by atoms with Gasteiger partial charge in [0.1, 0.15) is 0 Å². The fourth-order valence-electron chi connectivity index (χ4n) is 4.19. The number of morpholine rings is 1. The molecule has 1 N–H and O–H groups in total. The summed E-state index contributed by atoms with van der Waals surface area (Å²) < 4.78 is 5.51. The molecule has 2 aliphatic heterocycles. The zero-order chi connectivity index (χ0) is 19.9. The van der Waals surface area contributed by atoms with E-state index in [2.05, 4.69) is 49.4 Å². The summed E-state index contributed by atoms with van der Waals surface area (Å²) in [5, 5.41) is 3.23. The number of hydrogen-bond donors (Lipinski definition) is 1. The summed E-state index contributed by atoms with van der Waals surface area (Å²) in [4.78, 5) is 26.2. The second kappa shape index (κ2) is 9.80. The number of hydrogen-bond acceptors (Lipinski definition) is 6. The topological polar surface area (TPSA) is 70.6 Å². The quantitative estimate of drug-likeness (QED) is 0.805. The number of rotatable bonds is 6. The van der Waals surface area contributed by atoms with Crippen molar-refractivity contribution in [1.29, 1.82) is 0 Å². The van der Waals surface area contributed by atoms with Crippen LogP contribution in [0.3, 0.4) is 0 Å². The van der Waals surface area contributed by atoms with E-state index in [-0.39, 0.29) is 17.9 Å². The van der Waals surface area contributed by atoms with Crippen LogP contribution in [0.2, 0.25) is 0 Å². The molecule has 0 radical (unpaired) electrons. The van der Waals surface area contributed by atoms with Gasteiger partial charge in [0, 0.05) is 45.1 Å². The Morgan fingerprint density at radius 2 is 1.86 bits per heavy atom. The number of carbonyl (C=O) groups is 1. The third kappa shape index (κ3) is 5.10. The van der Waals surface area contributed by atoms with Crippen molar-refractivity contribution in [3.8, 4) is 0 Å². The molecule has 2 fully saturated rings. The van der Waals surface area contributed by atoms with Crippen LogP contribution >= 0.6 is 0 Å². The Labute approximate surface area is 172 Å². The molecule has 1 aromatic heterocycles. The fraction of sp³-hybridized carbons (Fsp3) is 0.500. The number of nitrogens with zero attached hydrogens (tertiary/aromatic N) is 4. The third-order valence-corrected chi connectivity index (χ3v) is 5.77. The van der Waals surface area contributed by atoms with Gasteiger partial charge in [0.05, 0.1) is 25.2 Å². The molecule has 2 aromatic rings. The lowest BCUT2D eigenvalue weighted by molar-refractivity contribution is -0.125. The molecule has 3 heterocycles. The minimum atomic E-state index is -0.0336. The number of anilines is 1. The van der Waals surface area contributed by atoms with Gasteiger partial charge in [-0.2, -0.15) is 0 Å². The molecule has 0 bridgehead atoms. The molecule has 1 amide bonds. The predicted molar refractivity (Wildman–Crippen MR) is 112 cm³/mol. The molecule has 7 heteroatoms. The molecule has 4 rings (SSSR count). The van der Waals surface area contributed by atoms with Crippen molar-refractivity contribution in [2.45, 2.75) is 18.9 Å². The SMILES string of the molecule is O=C(NCC(c1ccccc1)N1CCOCC1)C1CCCN(c2ncccn2)C1. The molecule has 2 saturated heterocycles. The van der Waals surface area contributed by atoms with Gasteiger partial charge in [0.25, 0.3) is 0 Å². The van der Waals surface area contributed by atoms with Crippen LogP contribution in [0, 0.1) is 5.92 Å². The Hall–Kier alpha value is -2.51. The monoisotopic (exact) mass is 395 g/mol. The van der Waals surface area contributed by atoms with Crippen molar-refractivity contribution in [2.24, 2.45) is 5.92 Å². The second-order valence-corrected chi connectivity index (χ2v) is 7.65. The van der Waals surface area contributed by atoms with E-state index in [1.165, 1.54) is 5.56 Å². The lowest BCUT2D eigenvalue weighted by atomic mass is 9.97. The zero-order valence-electron chi connectivity index (χ0n) is 16.7. The maximum atomic E-state index is 13.0. The summed E-state index contributed by atoms with van der Waals surface area (Å²) in [5.74, 6) is 0.800. The van der Waals surface area contributed by atoms with E-state index in [1.807, 2.05) is 12.1 Å². The predicted octanol–water partition coefficient (Wildman–Crippen LogP) is 1.88. The highest BCUT2D eigenvalue weighted by molar-refractivity contribution is 5.79. The van der Waals surface area contributed by atoms with Gasteiger partial charge in [-0.05, 0) is 24.5 Å². The van der Waals surface area contributed by atoms with E-state index >= 15 is 0 Å². The fourth-order valence-corrected chi connectivity index (χ4v) is 4.19. The van der Waals surface area contributed by atoms with Crippen LogP contribution in [0.5, 0.6) is 0 Å². The first-order valence-electron chi connectivity index (χ1n) is 10.5. The number of nitrogens with one attached hydrogen (secondary N) is 1. The van der Waals surface area contributed by atoms with Gasteiger partial charge >= 0.3 is 0 Å². The number of amides is 1. The second-order valence-electron chi connectivity index (χ2n) is 7.65. The molecule has 154 valence electrons. The Balaban J connectivity index is 1.38. The Morgan fingerprint density at radius 3 is 2.62 bits per heavy atom. The maximum absolute atomic E-state index is 13.0. The van der Waals surface area contributed by atoms with Crippen molar-refractivity contribution in [1.82, 2.24) is 20.2 Å². The van der Waals surface area contributed by atoms with Crippen LogP contribution < -0.4 is 10.2 Å². The van der Waals surface area contributed by atoms with Gasteiger partial charge in [0.2, 0.25) is 11.9 Å². The summed E-state index contributed by atoms with van der Waals surface area (Å²) in [6, 6.07) is 12.4. The first-order chi connectivity index (χ1) is 14.3. The molecule has 2 atom stereocenters. The minimum Gasteiger partial charge on any atom is -0.379 e. The Bertz CT molecular complexity index is 767. The number of ether oxygens (including phenoxy) is 1. The van der Waals surface area contributed by atoms with E-state index in [1.54, 1.807) is 12.4 Å². The standard InChI is InChI=1S/C22H29N5O2/c28-21(19-8-4-11-27(17-19)22-23-9-5-10-24-22)25-16-20(18-6-2-1-3-7-18)26-12-14-29-15-13-26/h1-3,5-7,9-10,19-20H,4,8,11-17H2,(H,25,28). The highest BCUT2D eigenvalue weighted by atomic mass is 16.5. The number of piperidine rings is 1. The van der Waals surface area contributed by atoms with Crippen LogP contribution in [0.15, 0.2) is 48.8 Å². The molecule has 2 aliphatic rings. The summed E-state index contributed by atoms with van der Waals surface area (Å²) in [6.07, 6.45) is 5.38. The van der Waals surface area contributed by atoms with Crippen LogP contribution in [0.1, 0.15) is 24.4 Å². The molecule has 0 spiro atoms. The van der Waals surface area contributed by atoms with E-state index in [0.29, 0.717) is 19.0 Å². The summed E-state index contributed by atoms with van der Waals surface area (Å²) in [7, 11) is 0. The lowest BCUT2D eigenvalue weighted by Crippen LogP contribution is -2.47. The molecule has 29 heavy (non-hydrogen) atoms. The minimum absolute atomic E-state index is 0.0336. The van der Waals surface area contributed by atoms with Crippen LogP contribution in [-0.4, -0.2) is 66.7 Å². The molecular weight excluding hydrogens is 366 g/mol. The molecular formula is C22H29N5O2. The number of carbonyl (C=O) groups excluding carboxylic acids is 1. The van der Waals surface area contributed by atoms with Gasteiger partial charge < -0.3 is 15.0 Å². The Morgan fingerprint density at radius 1 is 1.10 bits per heavy atom. The van der Waals surface area contributed by atoms with Gasteiger partial charge in [-0.3, -0.25) is 9.69 Å². The number of aromatic nitrogens is 2. The third-order valence-electron chi connectivity index (χ3n) is 5.77. The van der Waals surface area contributed by atoms with Crippen molar-refractivity contribution < 1.29 is 9.53 Å². The molecule has 7 nitrogen and oxygen atoms in total. The van der Waals surface area contributed by atoms with Crippen molar-refractivity contribution in [2.75, 3.05) is 50.8 Å². The smallest absolute Gasteiger partial charge is 0.225 e. The summed E-state index contributed by atoms with van der Waals surface area (Å²) >= 11 is 0. The summed E-state index contributed by atoms with van der Waals surface area (Å²) in [5.41, 5.74) is 1.23. The highest BCUT2D eigenvalue weighted by Gasteiger charge is 2.29. The van der Waals surface area contributed by atoms with E-state index in [0.717, 1.165) is 45.7 Å². The van der Waals surface area contributed by atoms with Gasteiger partial charge in [-0.15, -0.1) is 0 Å². The van der Waals surface area contributed by atoms with Crippen molar-refractivity contribution in [3.63, 3.8) is 0 Å². The van der Waals surface area contributed by atoms with Crippen molar-refractivity contribution in [3.05, 3.63) is 54.4 Å². The van der Waals surface area contributed by atoms with Crippen LogP contribution in [0.25, 0.3) is 0 Å². The molecule has 0 aliphatic carbocycles. The van der Waals surface area contributed by atoms with Gasteiger partial charge in [-0.1, -0.05) is 30.3 Å². The first kappa shape index (κ1) is 19.8. The normalized spacial score (nSPS) is 21.5. The highest BCUT2D eigenvalue weighted by Crippen LogP contribution is 2.23. The molecule has 1 aromatic carbocycles. The number of benzene rings is 1. The average Bonchev–Trinajstić information content (AvgIpc) is 2.81. The molecule has 0 saturated carbocycles. The van der Waals surface area contributed by atoms with Gasteiger partial charge in [-0.25, -0.2) is 9.97 Å². The lowest BCUT2D eigenvalue weighted by Gasteiger charge is -2.36. The maximum Gasteiger partial charge on any atom is 0.225 e. The van der Waals surface area contributed by atoms with Crippen LogP contribution in [-0.2, 0) is 9.53 Å². The average molecular weight is 396 g/mol. The van der Waals surface area contributed by atoms with E-state index < -0.39 is 0 Å². The largest absolute Gasteiger partial charge is 0.379 e. The Kier molecular flexibility index (Phi) is 6.69. The zero-order valence-corrected chi connectivity index (χ0v) is 16.7. The van der Waals surface area contributed by atoms with Gasteiger partial charge in [0.15, 0.2) is 0 Å². The molecule has 2 unspecified atom stereocenters. The van der Waals surface area contributed by atoms with E-state index in [9.17, 15) is 4.79 Å². The first-order valence-corrected chi connectivity index (χ1v) is 10.5. The van der Waals surface area contributed by atoms with Crippen LogP contribution in [0.4, 0.5) is 5.95 Å². The summed E-state index contributed by atoms with van der Waals surface area (Å²) in [6.45, 7) is 5.44. The van der Waals surface area contributed by atoms with Crippen molar-refractivity contribution >= 4 is 11.9 Å². The van der Waals surface area contributed by atoms with E-state index in [4.69, 9.17) is 4.74 Å².